The molecule has 0 fully saturated rings. The number of rotatable bonds is 9. The molecule has 0 atom stereocenters. The molecule has 1 aromatic heterocycles. The molecule has 0 unspecified atom stereocenters. The second kappa shape index (κ2) is 13.1. The Labute approximate surface area is 207 Å². The molecule has 0 saturated heterocycles. The van der Waals surface area contributed by atoms with Crippen molar-refractivity contribution in [3.8, 4) is 17.2 Å². The Hall–Kier alpha value is -2.59. The molecule has 3 aromatic rings. The summed E-state index contributed by atoms with van der Waals surface area (Å²) in [7, 11) is 5.81. The standard InChI is InChI=1S/C24H31N5O2.HI/c1-18-9-11-19(12-10-18)23-28-21(17-31-23)16-27-24(25-2)26-15-20-7-5-6-8-22(20)30-14-13-29(3)4;/h5-12,17H,13-16H2,1-4H3,(H2,25,26,27);1H. The third kappa shape index (κ3) is 7.83. The fraction of sp³-hybridized carbons (Fsp3) is 0.333. The smallest absolute Gasteiger partial charge is 0.226 e. The molecule has 7 nitrogen and oxygen atoms in total. The third-order valence-corrected chi connectivity index (χ3v) is 4.73. The van der Waals surface area contributed by atoms with Crippen LogP contribution < -0.4 is 15.4 Å². The molecule has 8 heteroatoms. The Kier molecular flexibility index (Phi) is 10.5. The zero-order valence-electron chi connectivity index (χ0n) is 19.1. The van der Waals surface area contributed by atoms with E-state index in [9.17, 15) is 0 Å². The third-order valence-electron chi connectivity index (χ3n) is 4.73. The molecule has 32 heavy (non-hydrogen) atoms. The molecule has 3 rings (SSSR count). The SMILES string of the molecule is CN=C(NCc1coc(-c2ccc(C)cc2)n1)NCc1ccccc1OCCN(C)C.I. The number of aliphatic imine (C=N–C) groups is 1. The summed E-state index contributed by atoms with van der Waals surface area (Å²) < 4.78 is 11.6. The van der Waals surface area contributed by atoms with Gasteiger partial charge in [0.05, 0.1) is 12.2 Å². The highest BCUT2D eigenvalue weighted by Crippen LogP contribution is 2.19. The maximum absolute atomic E-state index is 5.93. The molecule has 0 saturated carbocycles. The second-order valence-corrected chi connectivity index (χ2v) is 7.55. The number of guanidine groups is 1. The summed E-state index contributed by atoms with van der Waals surface area (Å²) in [5.74, 6) is 2.18. The van der Waals surface area contributed by atoms with Crippen LogP contribution in [0.5, 0.6) is 5.75 Å². The molecule has 0 radical (unpaired) electrons. The van der Waals surface area contributed by atoms with Crippen molar-refractivity contribution in [1.82, 2.24) is 20.5 Å². The molecular weight excluding hydrogens is 517 g/mol. The number of hydrogen-bond acceptors (Lipinski definition) is 5. The maximum Gasteiger partial charge on any atom is 0.226 e. The van der Waals surface area contributed by atoms with Gasteiger partial charge < -0.3 is 24.7 Å². The largest absolute Gasteiger partial charge is 0.492 e. The van der Waals surface area contributed by atoms with E-state index in [1.807, 2.05) is 56.6 Å². The Balaban J connectivity index is 0.00000363. The fourth-order valence-corrected chi connectivity index (χ4v) is 2.92. The number of nitrogens with one attached hydrogen (secondary N) is 2. The van der Waals surface area contributed by atoms with Gasteiger partial charge in [-0.15, -0.1) is 24.0 Å². The molecule has 0 spiro atoms. The molecule has 1 heterocycles. The van der Waals surface area contributed by atoms with Crippen LogP contribution in [0.3, 0.4) is 0 Å². The average Bonchev–Trinajstić information content (AvgIpc) is 3.24. The fourth-order valence-electron chi connectivity index (χ4n) is 2.92. The Morgan fingerprint density at radius 2 is 1.78 bits per heavy atom. The number of oxazole rings is 1. The van der Waals surface area contributed by atoms with Gasteiger partial charge in [-0.1, -0.05) is 35.9 Å². The summed E-state index contributed by atoms with van der Waals surface area (Å²) in [4.78, 5) is 11.0. The van der Waals surface area contributed by atoms with Gasteiger partial charge in [-0.3, -0.25) is 4.99 Å². The zero-order chi connectivity index (χ0) is 22.1. The lowest BCUT2D eigenvalue weighted by Gasteiger charge is -2.15. The minimum atomic E-state index is 0. The van der Waals surface area contributed by atoms with Gasteiger partial charge in [0.25, 0.3) is 0 Å². The van der Waals surface area contributed by atoms with E-state index < -0.39 is 0 Å². The lowest BCUT2D eigenvalue weighted by atomic mass is 10.1. The highest BCUT2D eigenvalue weighted by Gasteiger charge is 2.08. The summed E-state index contributed by atoms with van der Waals surface area (Å²) in [6.45, 7) is 4.68. The van der Waals surface area contributed by atoms with Crippen molar-refractivity contribution < 1.29 is 9.15 Å². The Morgan fingerprint density at radius 1 is 1.06 bits per heavy atom. The van der Waals surface area contributed by atoms with Crippen LogP contribution in [-0.4, -0.2) is 50.1 Å². The number of ether oxygens (including phenoxy) is 1. The minimum Gasteiger partial charge on any atom is -0.492 e. The van der Waals surface area contributed by atoms with E-state index in [-0.39, 0.29) is 24.0 Å². The van der Waals surface area contributed by atoms with Crippen molar-refractivity contribution in [2.45, 2.75) is 20.0 Å². The lowest BCUT2D eigenvalue weighted by molar-refractivity contribution is 0.259. The highest BCUT2D eigenvalue weighted by atomic mass is 127. The van der Waals surface area contributed by atoms with Crippen LogP contribution in [0, 0.1) is 6.92 Å². The van der Waals surface area contributed by atoms with Crippen LogP contribution in [0.1, 0.15) is 16.8 Å². The van der Waals surface area contributed by atoms with Gasteiger partial charge in [0.2, 0.25) is 5.89 Å². The average molecular weight is 549 g/mol. The van der Waals surface area contributed by atoms with Gasteiger partial charge in [0, 0.05) is 31.3 Å². The van der Waals surface area contributed by atoms with Crippen LogP contribution in [0.15, 0.2) is 64.2 Å². The Morgan fingerprint density at radius 3 is 2.50 bits per heavy atom. The summed E-state index contributed by atoms with van der Waals surface area (Å²) in [6.07, 6.45) is 1.67. The molecular formula is C24H32IN5O2. The van der Waals surface area contributed by atoms with E-state index in [1.165, 1.54) is 5.56 Å². The monoisotopic (exact) mass is 549 g/mol. The molecule has 0 bridgehead atoms. The zero-order valence-corrected chi connectivity index (χ0v) is 21.4. The first-order valence-electron chi connectivity index (χ1n) is 10.4. The molecule has 2 N–H and O–H groups in total. The van der Waals surface area contributed by atoms with Crippen molar-refractivity contribution in [2.24, 2.45) is 4.99 Å². The predicted molar refractivity (Wildman–Crippen MR) is 140 cm³/mol. The first kappa shape index (κ1) is 25.7. The van der Waals surface area contributed by atoms with E-state index in [2.05, 4.69) is 38.5 Å². The van der Waals surface area contributed by atoms with Gasteiger partial charge in [-0.05, 0) is 39.2 Å². The maximum atomic E-state index is 5.93. The van der Waals surface area contributed by atoms with Gasteiger partial charge >= 0.3 is 0 Å². The highest BCUT2D eigenvalue weighted by molar-refractivity contribution is 14.0. The Bertz CT molecular complexity index is 986. The number of hydrogen-bond donors (Lipinski definition) is 2. The number of aromatic nitrogens is 1. The first-order chi connectivity index (χ1) is 15.0. The summed E-state index contributed by atoms with van der Waals surface area (Å²) in [5.41, 5.74) is 4.06. The predicted octanol–water partition coefficient (Wildman–Crippen LogP) is 4.07. The number of halogens is 1. The molecule has 0 aliphatic carbocycles. The summed E-state index contributed by atoms with van der Waals surface area (Å²) >= 11 is 0. The van der Waals surface area contributed by atoms with Crippen molar-refractivity contribution in [1.29, 1.82) is 0 Å². The number of benzene rings is 2. The van der Waals surface area contributed by atoms with Crippen molar-refractivity contribution in [2.75, 3.05) is 34.3 Å². The van der Waals surface area contributed by atoms with Crippen LogP contribution >= 0.6 is 24.0 Å². The van der Waals surface area contributed by atoms with Crippen molar-refractivity contribution in [3.05, 3.63) is 71.6 Å². The lowest BCUT2D eigenvalue weighted by Crippen LogP contribution is -2.36. The molecule has 2 aromatic carbocycles. The van der Waals surface area contributed by atoms with E-state index >= 15 is 0 Å². The van der Waals surface area contributed by atoms with Gasteiger partial charge in [0.15, 0.2) is 5.96 Å². The normalized spacial score (nSPS) is 11.2. The molecule has 0 aliphatic heterocycles. The van der Waals surface area contributed by atoms with E-state index in [4.69, 9.17) is 9.15 Å². The molecule has 172 valence electrons. The topological polar surface area (TPSA) is 74.9 Å². The van der Waals surface area contributed by atoms with E-state index in [0.29, 0.717) is 31.5 Å². The number of para-hydroxylation sites is 1. The van der Waals surface area contributed by atoms with Crippen LogP contribution in [0.4, 0.5) is 0 Å². The number of aryl methyl sites for hydroxylation is 1. The minimum absolute atomic E-state index is 0. The van der Waals surface area contributed by atoms with Crippen molar-refractivity contribution >= 4 is 29.9 Å². The van der Waals surface area contributed by atoms with E-state index in [1.54, 1.807) is 13.3 Å². The number of nitrogens with zero attached hydrogens (tertiary/aromatic N) is 3. The quantitative estimate of drug-likeness (QED) is 0.238. The van der Waals surface area contributed by atoms with Gasteiger partial charge in [-0.25, -0.2) is 4.98 Å². The molecule has 0 aliphatic rings. The number of likely N-dealkylation sites (N-methyl/N-ethyl adjacent to an activating group) is 1. The van der Waals surface area contributed by atoms with Crippen molar-refractivity contribution in [3.63, 3.8) is 0 Å². The van der Waals surface area contributed by atoms with Gasteiger partial charge in [0.1, 0.15) is 18.6 Å². The van der Waals surface area contributed by atoms with Crippen LogP contribution in [0.25, 0.3) is 11.5 Å². The summed E-state index contributed by atoms with van der Waals surface area (Å²) in [5, 5.41) is 6.61. The molecule has 0 amide bonds. The van der Waals surface area contributed by atoms with Gasteiger partial charge in [-0.2, -0.15) is 0 Å². The van der Waals surface area contributed by atoms with E-state index in [0.717, 1.165) is 29.1 Å². The summed E-state index contributed by atoms with van der Waals surface area (Å²) in [6, 6.07) is 16.2. The van der Waals surface area contributed by atoms with Crippen LogP contribution in [-0.2, 0) is 13.1 Å². The second-order valence-electron chi connectivity index (χ2n) is 7.55. The van der Waals surface area contributed by atoms with Crippen LogP contribution in [0.2, 0.25) is 0 Å². The first-order valence-corrected chi connectivity index (χ1v) is 10.4.